The number of alkyl halides is 2. The molecule has 3 aromatic rings. The maximum absolute atomic E-state index is 12.2. The summed E-state index contributed by atoms with van der Waals surface area (Å²) in [5.74, 6) is 1.57. The van der Waals surface area contributed by atoms with Crippen molar-refractivity contribution >= 4 is 11.5 Å². The first kappa shape index (κ1) is 14.9. The normalized spacial score (nSPS) is 14.3. The van der Waals surface area contributed by atoms with Crippen molar-refractivity contribution in [2.75, 3.05) is 5.32 Å². The zero-order valence-electron chi connectivity index (χ0n) is 12.8. The number of hydrogen-bond acceptors (Lipinski definition) is 4. The molecule has 0 aliphatic heterocycles. The minimum Gasteiger partial charge on any atom is -0.435 e. The van der Waals surface area contributed by atoms with Gasteiger partial charge in [0.15, 0.2) is 5.65 Å². The molecule has 0 bridgehead atoms. The average molecular weight is 330 g/mol. The molecule has 1 saturated carbocycles. The van der Waals surface area contributed by atoms with Crippen molar-refractivity contribution in [1.82, 2.24) is 14.6 Å². The Balaban J connectivity index is 1.48. The Morgan fingerprint density at radius 1 is 1.21 bits per heavy atom. The Morgan fingerprint density at radius 2 is 2.00 bits per heavy atom. The fraction of sp³-hybridized carbons (Fsp3) is 0.294. The first-order valence-electron chi connectivity index (χ1n) is 7.81. The van der Waals surface area contributed by atoms with Gasteiger partial charge in [0.05, 0.1) is 5.69 Å². The maximum Gasteiger partial charge on any atom is 0.387 e. The number of fused-ring (bicyclic) bond motifs is 1. The quantitative estimate of drug-likeness (QED) is 0.746. The molecule has 0 radical (unpaired) electrons. The largest absolute Gasteiger partial charge is 0.435 e. The summed E-state index contributed by atoms with van der Waals surface area (Å²) in [5.41, 5.74) is 2.86. The molecule has 1 fully saturated rings. The highest BCUT2D eigenvalue weighted by Gasteiger charge is 2.26. The van der Waals surface area contributed by atoms with Crippen LogP contribution in [0, 0.1) is 0 Å². The van der Waals surface area contributed by atoms with E-state index in [1.807, 2.05) is 16.6 Å². The number of benzene rings is 1. The third kappa shape index (κ3) is 3.15. The number of nitrogens with one attached hydrogen (secondary N) is 1. The number of halogens is 2. The molecule has 0 unspecified atom stereocenters. The SMILES string of the molecule is FC(F)Oc1ccc(CNc2ccnc3cc(C4CC4)nn23)cc1. The van der Waals surface area contributed by atoms with E-state index in [9.17, 15) is 8.78 Å². The second-order valence-electron chi connectivity index (χ2n) is 5.82. The highest BCUT2D eigenvalue weighted by Crippen LogP contribution is 2.39. The molecule has 124 valence electrons. The van der Waals surface area contributed by atoms with Crippen LogP contribution in [0.25, 0.3) is 5.65 Å². The van der Waals surface area contributed by atoms with E-state index in [-0.39, 0.29) is 5.75 Å². The minimum absolute atomic E-state index is 0.154. The Bertz CT molecular complexity index is 843. The van der Waals surface area contributed by atoms with Gasteiger partial charge < -0.3 is 10.1 Å². The summed E-state index contributed by atoms with van der Waals surface area (Å²) < 4.78 is 30.5. The molecule has 0 amide bonds. The molecule has 1 aromatic carbocycles. The highest BCUT2D eigenvalue weighted by atomic mass is 19.3. The molecule has 2 heterocycles. The molecular formula is C17H16F2N4O. The zero-order valence-corrected chi connectivity index (χ0v) is 12.8. The monoisotopic (exact) mass is 330 g/mol. The third-order valence-corrected chi connectivity index (χ3v) is 3.99. The first-order valence-corrected chi connectivity index (χ1v) is 7.81. The van der Waals surface area contributed by atoms with Crippen LogP contribution in [0.3, 0.4) is 0 Å². The van der Waals surface area contributed by atoms with Gasteiger partial charge in [-0.05, 0) is 36.6 Å². The van der Waals surface area contributed by atoms with Gasteiger partial charge in [-0.3, -0.25) is 0 Å². The van der Waals surface area contributed by atoms with E-state index >= 15 is 0 Å². The molecule has 4 rings (SSSR count). The predicted octanol–water partition coefficient (Wildman–Crippen LogP) is 3.82. The summed E-state index contributed by atoms with van der Waals surface area (Å²) in [7, 11) is 0. The van der Waals surface area contributed by atoms with Crippen molar-refractivity contribution < 1.29 is 13.5 Å². The maximum atomic E-state index is 12.2. The standard InChI is InChI=1S/C17H16F2N4O/c18-17(19)24-13-5-1-11(2-6-13)10-21-15-7-8-20-16-9-14(12-3-4-12)22-23(15)16/h1-2,5-9,12,17,21H,3-4,10H2. The van der Waals surface area contributed by atoms with Crippen LogP contribution in [0.4, 0.5) is 14.6 Å². The van der Waals surface area contributed by atoms with Crippen molar-refractivity contribution in [3.63, 3.8) is 0 Å². The molecule has 0 atom stereocenters. The van der Waals surface area contributed by atoms with Gasteiger partial charge in [0.2, 0.25) is 0 Å². The molecule has 2 aromatic heterocycles. The second-order valence-corrected chi connectivity index (χ2v) is 5.82. The minimum atomic E-state index is -2.81. The second kappa shape index (κ2) is 6.07. The zero-order chi connectivity index (χ0) is 16.5. The smallest absolute Gasteiger partial charge is 0.387 e. The third-order valence-electron chi connectivity index (χ3n) is 3.99. The molecule has 1 N–H and O–H groups in total. The molecule has 24 heavy (non-hydrogen) atoms. The van der Waals surface area contributed by atoms with E-state index in [0.717, 1.165) is 22.7 Å². The number of ether oxygens (including phenoxy) is 1. The van der Waals surface area contributed by atoms with E-state index in [2.05, 4.69) is 20.1 Å². The number of anilines is 1. The van der Waals surface area contributed by atoms with Crippen molar-refractivity contribution in [3.05, 3.63) is 53.9 Å². The van der Waals surface area contributed by atoms with Crippen molar-refractivity contribution in [2.45, 2.75) is 31.9 Å². The summed E-state index contributed by atoms with van der Waals surface area (Å²) in [4.78, 5) is 4.34. The lowest BCUT2D eigenvalue weighted by Crippen LogP contribution is -2.06. The molecule has 0 saturated heterocycles. The molecule has 1 aliphatic rings. The molecule has 5 nitrogen and oxygen atoms in total. The van der Waals surface area contributed by atoms with Gasteiger partial charge in [-0.1, -0.05) is 12.1 Å². The fourth-order valence-electron chi connectivity index (χ4n) is 2.61. The topological polar surface area (TPSA) is 51.5 Å². The molecule has 7 heteroatoms. The molecule has 1 aliphatic carbocycles. The van der Waals surface area contributed by atoms with Crippen LogP contribution in [-0.4, -0.2) is 21.2 Å². The van der Waals surface area contributed by atoms with Crippen molar-refractivity contribution in [2.24, 2.45) is 0 Å². The fourth-order valence-corrected chi connectivity index (χ4v) is 2.61. The van der Waals surface area contributed by atoms with E-state index in [1.54, 1.807) is 18.3 Å². The van der Waals surface area contributed by atoms with Gasteiger partial charge in [0.25, 0.3) is 0 Å². The van der Waals surface area contributed by atoms with Gasteiger partial charge >= 0.3 is 6.61 Å². The highest BCUT2D eigenvalue weighted by molar-refractivity contribution is 5.49. The van der Waals surface area contributed by atoms with Crippen molar-refractivity contribution in [1.29, 1.82) is 0 Å². The van der Waals surface area contributed by atoms with Crippen LogP contribution in [0.5, 0.6) is 5.75 Å². The van der Waals surface area contributed by atoms with E-state index < -0.39 is 6.61 Å². The predicted molar refractivity (Wildman–Crippen MR) is 85.4 cm³/mol. The van der Waals surface area contributed by atoms with E-state index in [4.69, 9.17) is 0 Å². The lowest BCUT2D eigenvalue weighted by molar-refractivity contribution is -0.0498. The Morgan fingerprint density at radius 3 is 2.71 bits per heavy atom. The summed E-state index contributed by atoms with van der Waals surface area (Å²) in [6, 6.07) is 10.5. The van der Waals surface area contributed by atoms with E-state index in [1.165, 1.54) is 25.0 Å². The van der Waals surface area contributed by atoms with E-state index in [0.29, 0.717) is 12.5 Å². The molecular weight excluding hydrogens is 314 g/mol. The average Bonchev–Trinajstić information content (AvgIpc) is 3.32. The Labute approximate surface area is 137 Å². The number of rotatable bonds is 6. The lowest BCUT2D eigenvalue weighted by Gasteiger charge is -2.09. The van der Waals surface area contributed by atoms with Crippen LogP contribution in [-0.2, 0) is 6.54 Å². The number of hydrogen-bond donors (Lipinski definition) is 1. The van der Waals surface area contributed by atoms with Crippen LogP contribution >= 0.6 is 0 Å². The van der Waals surface area contributed by atoms with Gasteiger partial charge in [-0.2, -0.15) is 18.4 Å². The number of nitrogens with zero attached hydrogens (tertiary/aromatic N) is 3. The summed E-state index contributed by atoms with van der Waals surface area (Å²) in [6.45, 7) is -2.26. The van der Waals surface area contributed by atoms with Crippen LogP contribution in [0.1, 0.15) is 30.0 Å². The van der Waals surface area contributed by atoms with Crippen LogP contribution < -0.4 is 10.1 Å². The van der Waals surface area contributed by atoms with Crippen molar-refractivity contribution in [3.8, 4) is 5.75 Å². The van der Waals surface area contributed by atoms with Gasteiger partial charge in [-0.25, -0.2) is 4.98 Å². The van der Waals surface area contributed by atoms with Crippen LogP contribution in [0.2, 0.25) is 0 Å². The Kier molecular flexibility index (Phi) is 3.76. The summed E-state index contributed by atoms with van der Waals surface area (Å²) >= 11 is 0. The van der Waals surface area contributed by atoms with Gasteiger partial charge in [0, 0.05) is 24.7 Å². The number of aromatic nitrogens is 3. The first-order chi connectivity index (χ1) is 11.7. The summed E-state index contributed by atoms with van der Waals surface area (Å²) in [6.07, 6.45) is 4.13. The van der Waals surface area contributed by atoms with Gasteiger partial charge in [0.1, 0.15) is 11.6 Å². The Hall–Kier alpha value is -2.70. The van der Waals surface area contributed by atoms with Crippen LogP contribution in [0.15, 0.2) is 42.6 Å². The lowest BCUT2D eigenvalue weighted by atomic mass is 10.2. The molecule has 0 spiro atoms. The van der Waals surface area contributed by atoms with Gasteiger partial charge in [-0.15, -0.1) is 0 Å². The summed E-state index contributed by atoms with van der Waals surface area (Å²) in [5, 5.41) is 7.93.